The maximum absolute atomic E-state index is 11.4. The Morgan fingerprint density at radius 2 is 0.750 bits per heavy atom. The van der Waals surface area contributed by atoms with E-state index in [2.05, 4.69) is 0 Å². The highest BCUT2D eigenvalue weighted by Crippen LogP contribution is 2.41. The van der Waals surface area contributed by atoms with E-state index in [4.69, 9.17) is 0 Å². The molecule has 1 aromatic rings. The molecule has 1 rings (SSSR count). The monoisotopic (exact) mass is 374 g/mol. The Kier molecular flexibility index (Phi) is 7.43. The van der Waals surface area contributed by atoms with Gasteiger partial charge in [-0.25, -0.2) is 0 Å². The second kappa shape index (κ2) is 8.27. The van der Waals surface area contributed by atoms with E-state index in [1.165, 1.54) is 0 Å². The molecule has 0 saturated carbocycles. The molecule has 0 aromatic heterocycles. The van der Waals surface area contributed by atoms with Crippen molar-refractivity contribution in [3.05, 3.63) is 33.4 Å². The molecule has 8 heteroatoms. The van der Waals surface area contributed by atoms with Crippen LogP contribution in [0.2, 0.25) is 0 Å². The van der Waals surface area contributed by atoms with Gasteiger partial charge in [0.1, 0.15) is 0 Å². The lowest BCUT2D eigenvalue weighted by Crippen LogP contribution is -2.21. The zero-order valence-corrected chi connectivity index (χ0v) is 16.4. The fourth-order valence-corrected chi connectivity index (χ4v) is 5.11. The van der Waals surface area contributed by atoms with Gasteiger partial charge in [0.05, 0.1) is 0 Å². The molecule has 138 valence electrons. The van der Waals surface area contributed by atoms with Crippen LogP contribution in [0.5, 0.6) is 0 Å². The van der Waals surface area contributed by atoms with E-state index in [0.717, 1.165) is 0 Å². The number of hydrogen-bond donors (Lipinski definition) is 0. The molecule has 0 aliphatic heterocycles. The molecular weight excluding hydrogens is 350 g/mol. The van der Waals surface area contributed by atoms with Crippen LogP contribution in [0.25, 0.3) is 0 Å². The summed E-state index contributed by atoms with van der Waals surface area (Å²) in [6.45, 7) is 7.34. The fourth-order valence-electron chi connectivity index (χ4n) is 3.57. The van der Waals surface area contributed by atoms with Gasteiger partial charge in [0, 0.05) is 12.3 Å². The summed E-state index contributed by atoms with van der Waals surface area (Å²) in [5.41, 5.74) is 3.78. The molecule has 0 heterocycles. The predicted molar refractivity (Wildman–Crippen MR) is 86.6 cm³/mol. The van der Waals surface area contributed by atoms with Gasteiger partial charge in [-0.3, -0.25) is 0 Å². The van der Waals surface area contributed by atoms with E-state index in [1.54, 1.807) is 0 Å². The van der Waals surface area contributed by atoms with E-state index >= 15 is 0 Å². The molecule has 6 nitrogen and oxygen atoms in total. The fraction of sp³-hybridized carbons (Fsp3) is 0.625. The van der Waals surface area contributed by atoms with Crippen LogP contribution in [-0.4, -0.2) is 0 Å². The van der Waals surface area contributed by atoms with Gasteiger partial charge in [-0.15, -0.1) is 0 Å². The Hall–Kier alpha value is -0.480. The van der Waals surface area contributed by atoms with Gasteiger partial charge in [-0.2, -0.15) is 0 Å². The van der Waals surface area contributed by atoms with Crippen molar-refractivity contribution in [2.45, 2.75) is 65.7 Å². The third kappa shape index (κ3) is 5.26. The molecule has 0 amide bonds. The van der Waals surface area contributed by atoms with Crippen molar-refractivity contribution in [2.75, 3.05) is 0 Å². The Bertz CT molecular complexity index is 594. The molecule has 0 saturated heterocycles. The van der Waals surface area contributed by atoms with Gasteiger partial charge < -0.3 is 28.7 Å². The average Bonchev–Trinajstić information content (AvgIpc) is 2.44. The Labute approximate surface area is 143 Å². The van der Waals surface area contributed by atoms with Gasteiger partial charge in [-0.05, 0) is 59.1 Å². The Morgan fingerprint density at radius 3 is 0.875 bits per heavy atom. The topological polar surface area (TPSA) is 126 Å². The third-order valence-electron chi connectivity index (χ3n) is 4.30. The molecule has 0 bridgehead atoms. The summed E-state index contributed by atoms with van der Waals surface area (Å²) in [7, 11) is -9.53. The minimum Gasteiger partial charge on any atom is -0.810 e. The van der Waals surface area contributed by atoms with Crippen molar-refractivity contribution in [1.29, 1.82) is 0 Å². The van der Waals surface area contributed by atoms with E-state index in [9.17, 15) is 28.7 Å². The van der Waals surface area contributed by atoms with Crippen molar-refractivity contribution in [1.82, 2.24) is 0 Å². The summed E-state index contributed by atoms with van der Waals surface area (Å²) in [5.74, 6) is 0. The van der Waals surface area contributed by atoms with Crippen molar-refractivity contribution < 1.29 is 28.7 Å². The number of rotatable bonds is 8. The summed E-state index contributed by atoms with van der Waals surface area (Å²) >= 11 is 0. The molecule has 0 fully saturated rings. The molecule has 24 heavy (non-hydrogen) atoms. The van der Waals surface area contributed by atoms with Crippen molar-refractivity contribution >= 4 is 15.2 Å². The van der Waals surface area contributed by atoms with Gasteiger partial charge in [-0.1, -0.05) is 42.9 Å². The van der Waals surface area contributed by atoms with Crippen LogP contribution >= 0.6 is 15.2 Å². The smallest absolute Gasteiger partial charge is 0.000788 e. The predicted octanol–water partition coefficient (Wildman–Crippen LogP) is 0.764. The molecule has 1 aromatic carbocycles. The average molecular weight is 374 g/mol. The number of hydrogen-bond acceptors (Lipinski definition) is 6. The molecule has 0 atom stereocenters. The first-order valence-corrected chi connectivity index (χ1v) is 11.6. The maximum atomic E-state index is 11.4. The standard InChI is InChI=1S/C16H28O6P2/c1-5-11-12(6-2)16(10-24(20,21)22)14(8-4)13(7-3)15(11)9-23(17,18)19/h5-10H2,1-4H3,(H2,17,18,19)(H2,20,21,22)/p-4. The molecule has 0 aliphatic carbocycles. The second-order valence-electron chi connectivity index (χ2n) is 5.82. The van der Waals surface area contributed by atoms with E-state index in [1.807, 2.05) is 27.7 Å². The SMILES string of the molecule is CCc1c(CC)c(CP(=O)([O-])[O-])c(CC)c(CC)c1CP(=O)([O-])[O-]. The molecule has 0 unspecified atom stereocenters. The molecule has 0 spiro atoms. The first-order valence-electron chi connectivity index (χ1n) is 8.18. The lowest BCUT2D eigenvalue weighted by Gasteiger charge is -2.36. The van der Waals surface area contributed by atoms with Gasteiger partial charge >= 0.3 is 0 Å². The highest BCUT2D eigenvalue weighted by atomic mass is 31.2. The van der Waals surface area contributed by atoms with Crippen LogP contribution in [0.3, 0.4) is 0 Å². The highest BCUT2D eigenvalue weighted by Gasteiger charge is 2.21. The first-order chi connectivity index (χ1) is 11.0. The Morgan fingerprint density at radius 1 is 0.542 bits per heavy atom. The molecule has 0 aliphatic rings. The summed E-state index contributed by atoms with van der Waals surface area (Å²) in [5, 5.41) is 0. The first kappa shape index (κ1) is 21.6. The van der Waals surface area contributed by atoms with Crippen LogP contribution in [0.1, 0.15) is 61.1 Å². The summed E-state index contributed by atoms with van der Waals surface area (Å²) < 4.78 is 22.8. The van der Waals surface area contributed by atoms with Crippen molar-refractivity contribution in [3.63, 3.8) is 0 Å². The van der Waals surface area contributed by atoms with Gasteiger partial charge in [0.15, 0.2) is 0 Å². The largest absolute Gasteiger partial charge is 0.810 e. The normalized spacial score (nSPS) is 12.7. The summed E-state index contributed by atoms with van der Waals surface area (Å²) in [4.78, 5) is 45.5. The second-order valence-corrected chi connectivity index (χ2v) is 8.90. The minimum absolute atomic E-state index is 0.477. The van der Waals surface area contributed by atoms with Crippen LogP contribution < -0.4 is 19.6 Å². The quantitative estimate of drug-likeness (QED) is 0.618. The zero-order chi connectivity index (χ0) is 18.7. The highest BCUT2D eigenvalue weighted by molar-refractivity contribution is 7.48. The minimum atomic E-state index is -4.76. The van der Waals surface area contributed by atoms with Crippen LogP contribution in [0.4, 0.5) is 0 Å². The molecular formula is C16H24O6P2-4. The number of benzene rings is 1. The summed E-state index contributed by atoms with van der Waals surface area (Å²) in [6, 6.07) is 0. The van der Waals surface area contributed by atoms with E-state index < -0.39 is 27.5 Å². The van der Waals surface area contributed by atoms with Gasteiger partial charge in [0.2, 0.25) is 0 Å². The lowest BCUT2D eigenvalue weighted by molar-refractivity contribution is -0.316. The van der Waals surface area contributed by atoms with Crippen LogP contribution in [-0.2, 0) is 47.1 Å². The Balaban J connectivity index is 3.86. The van der Waals surface area contributed by atoms with E-state index in [-0.39, 0.29) is 0 Å². The van der Waals surface area contributed by atoms with Crippen LogP contribution in [0, 0.1) is 0 Å². The van der Waals surface area contributed by atoms with Crippen molar-refractivity contribution in [2.24, 2.45) is 0 Å². The molecule has 0 N–H and O–H groups in total. The van der Waals surface area contributed by atoms with Crippen molar-refractivity contribution in [3.8, 4) is 0 Å². The molecule has 0 radical (unpaired) electrons. The maximum Gasteiger partial charge on any atom is 0.000788 e. The third-order valence-corrected chi connectivity index (χ3v) is 5.71. The zero-order valence-electron chi connectivity index (χ0n) is 14.6. The van der Waals surface area contributed by atoms with Gasteiger partial charge in [0.25, 0.3) is 0 Å². The summed E-state index contributed by atoms with van der Waals surface area (Å²) in [6.07, 6.45) is 0.752. The van der Waals surface area contributed by atoms with E-state index in [0.29, 0.717) is 59.1 Å². The lowest BCUT2D eigenvalue weighted by atomic mass is 9.83. The van der Waals surface area contributed by atoms with Crippen LogP contribution in [0.15, 0.2) is 0 Å².